The molecule has 0 saturated carbocycles. The molecule has 0 unspecified atom stereocenters. The van der Waals surface area contributed by atoms with Gasteiger partial charge in [0.1, 0.15) is 0 Å². The summed E-state index contributed by atoms with van der Waals surface area (Å²) in [5.74, 6) is 0.507. The molecule has 3 rings (SSSR count). The quantitative estimate of drug-likeness (QED) is 0.790. The summed E-state index contributed by atoms with van der Waals surface area (Å²) in [4.78, 5) is 23.5. The molecule has 0 aliphatic heterocycles. The molecule has 1 N–H and O–H groups in total. The summed E-state index contributed by atoms with van der Waals surface area (Å²) in [6.45, 7) is 1.92. The van der Waals surface area contributed by atoms with E-state index in [-0.39, 0.29) is 4.87 Å². The fourth-order valence-corrected chi connectivity index (χ4v) is 3.23. The Morgan fingerprint density at radius 3 is 2.46 bits per heavy atom. The third-order valence-corrected chi connectivity index (χ3v) is 4.98. The number of aromatic nitrogens is 3. The van der Waals surface area contributed by atoms with Gasteiger partial charge in [-0.25, -0.2) is 9.97 Å². The zero-order valence-electron chi connectivity index (χ0n) is 14.1. The summed E-state index contributed by atoms with van der Waals surface area (Å²) in [6, 6.07) is 9.84. The third kappa shape index (κ3) is 3.16. The third-order valence-electron chi connectivity index (χ3n) is 3.82. The van der Waals surface area contributed by atoms with Gasteiger partial charge in [-0.15, -0.1) is 0 Å². The van der Waals surface area contributed by atoms with E-state index in [1.807, 2.05) is 56.3 Å². The summed E-state index contributed by atoms with van der Waals surface area (Å²) >= 11 is 1.20. The molecule has 24 heavy (non-hydrogen) atoms. The Morgan fingerprint density at radius 1 is 1.17 bits per heavy atom. The molecule has 0 fully saturated rings. The number of thiazole rings is 1. The van der Waals surface area contributed by atoms with Crippen LogP contribution >= 0.6 is 11.3 Å². The van der Waals surface area contributed by atoms with Crippen molar-refractivity contribution in [3.8, 4) is 10.6 Å². The first kappa shape index (κ1) is 16.2. The average Bonchev–Trinajstić information content (AvgIpc) is 2.83. The lowest BCUT2D eigenvalue weighted by atomic mass is 10.2. The summed E-state index contributed by atoms with van der Waals surface area (Å²) in [6.07, 6.45) is 1.70. The second-order valence-corrected chi connectivity index (χ2v) is 6.63. The van der Waals surface area contributed by atoms with Gasteiger partial charge >= 0.3 is 4.87 Å². The van der Waals surface area contributed by atoms with Crippen LogP contribution in [0.5, 0.6) is 0 Å². The molecule has 0 radical (unpaired) electrons. The number of benzene rings is 1. The minimum absolute atomic E-state index is 0.00916. The monoisotopic (exact) mass is 341 g/mol. The van der Waals surface area contributed by atoms with E-state index in [1.54, 1.807) is 17.8 Å². The summed E-state index contributed by atoms with van der Waals surface area (Å²) in [5.41, 5.74) is 3.69. The average molecular weight is 341 g/mol. The van der Waals surface area contributed by atoms with Gasteiger partial charge in [0.15, 0.2) is 0 Å². The van der Waals surface area contributed by atoms with Crippen LogP contribution in [-0.2, 0) is 7.05 Å². The van der Waals surface area contributed by atoms with Gasteiger partial charge in [-0.2, -0.15) is 0 Å². The smallest absolute Gasteiger partial charge is 0.307 e. The second-order valence-electron chi connectivity index (χ2n) is 5.67. The maximum atomic E-state index is 11.8. The molecule has 0 bridgehead atoms. The number of nitrogens with one attached hydrogen (secondary N) is 1. The van der Waals surface area contributed by atoms with Crippen molar-refractivity contribution in [2.45, 2.75) is 6.92 Å². The van der Waals surface area contributed by atoms with E-state index < -0.39 is 0 Å². The van der Waals surface area contributed by atoms with Gasteiger partial charge < -0.3 is 14.8 Å². The molecule has 124 valence electrons. The molecule has 2 aromatic heterocycles. The van der Waals surface area contributed by atoms with Gasteiger partial charge in [0.2, 0.25) is 5.95 Å². The van der Waals surface area contributed by atoms with Gasteiger partial charge in [-0.3, -0.25) is 4.79 Å². The van der Waals surface area contributed by atoms with Crippen molar-refractivity contribution < 1.29 is 0 Å². The maximum Gasteiger partial charge on any atom is 0.307 e. The molecule has 2 heterocycles. The summed E-state index contributed by atoms with van der Waals surface area (Å²) in [5, 5.41) is 3.20. The zero-order chi connectivity index (χ0) is 17.3. The largest absolute Gasteiger partial charge is 0.378 e. The van der Waals surface area contributed by atoms with Gasteiger partial charge in [0, 0.05) is 44.4 Å². The van der Waals surface area contributed by atoms with Crippen molar-refractivity contribution in [1.29, 1.82) is 0 Å². The molecule has 0 aliphatic rings. The first-order valence-electron chi connectivity index (χ1n) is 7.50. The molecule has 0 atom stereocenters. The van der Waals surface area contributed by atoms with Crippen molar-refractivity contribution in [2.24, 2.45) is 7.05 Å². The Bertz CT molecular complexity index is 911. The van der Waals surface area contributed by atoms with Crippen LogP contribution in [0.15, 0.2) is 41.3 Å². The highest BCUT2D eigenvalue weighted by Crippen LogP contribution is 2.25. The molecule has 1 aromatic carbocycles. The van der Waals surface area contributed by atoms with E-state index in [4.69, 9.17) is 0 Å². The maximum absolute atomic E-state index is 11.8. The molecule has 7 heteroatoms. The van der Waals surface area contributed by atoms with E-state index in [1.165, 1.54) is 11.3 Å². The van der Waals surface area contributed by atoms with Crippen LogP contribution in [0, 0.1) is 6.92 Å². The standard InChI is InChI=1S/C17H19N5OS/c1-11-15(24-17(23)22(11)4)14-9-10-18-16(20-14)19-12-5-7-13(8-6-12)21(2)3/h5-10H,1-4H3,(H,18,19,20). The topological polar surface area (TPSA) is 63.1 Å². The Kier molecular flexibility index (Phi) is 4.35. The van der Waals surface area contributed by atoms with E-state index in [9.17, 15) is 4.79 Å². The van der Waals surface area contributed by atoms with Crippen LogP contribution < -0.4 is 15.1 Å². The van der Waals surface area contributed by atoms with Gasteiger partial charge in [-0.05, 0) is 37.3 Å². The van der Waals surface area contributed by atoms with E-state index in [2.05, 4.69) is 15.3 Å². The van der Waals surface area contributed by atoms with Crippen LogP contribution in [0.4, 0.5) is 17.3 Å². The predicted molar refractivity (Wildman–Crippen MR) is 99.4 cm³/mol. The molecular formula is C17H19N5OS. The van der Waals surface area contributed by atoms with Crippen LogP contribution in [0.3, 0.4) is 0 Å². The SMILES string of the molecule is Cc1c(-c2ccnc(Nc3ccc(N(C)C)cc3)n2)sc(=O)n1C. The fraction of sp³-hybridized carbons (Fsp3) is 0.235. The number of hydrogen-bond donors (Lipinski definition) is 1. The Balaban J connectivity index is 1.88. The Morgan fingerprint density at radius 2 is 1.88 bits per heavy atom. The molecule has 0 amide bonds. The summed E-state index contributed by atoms with van der Waals surface area (Å²) in [7, 11) is 5.77. The predicted octanol–water partition coefficient (Wildman–Crippen LogP) is 3.02. The van der Waals surface area contributed by atoms with Gasteiger partial charge in [0.05, 0.1) is 10.6 Å². The Hall–Kier alpha value is -2.67. The second kappa shape index (κ2) is 6.45. The normalized spacial score (nSPS) is 10.7. The minimum atomic E-state index is 0.00916. The lowest BCUT2D eigenvalue weighted by Crippen LogP contribution is -2.08. The van der Waals surface area contributed by atoms with E-state index >= 15 is 0 Å². The molecule has 0 aliphatic carbocycles. The van der Waals surface area contributed by atoms with Crippen LogP contribution in [-0.4, -0.2) is 28.6 Å². The molecule has 6 nitrogen and oxygen atoms in total. The van der Waals surface area contributed by atoms with E-state index in [0.717, 1.165) is 27.6 Å². The lowest BCUT2D eigenvalue weighted by molar-refractivity contribution is 0.854. The van der Waals surface area contributed by atoms with Gasteiger partial charge in [-0.1, -0.05) is 11.3 Å². The number of anilines is 3. The molecular weight excluding hydrogens is 322 g/mol. The highest BCUT2D eigenvalue weighted by Gasteiger charge is 2.12. The first-order valence-corrected chi connectivity index (χ1v) is 8.31. The number of rotatable bonds is 4. The molecule has 0 saturated heterocycles. The summed E-state index contributed by atoms with van der Waals surface area (Å²) < 4.78 is 1.63. The Labute approximate surface area is 144 Å². The highest BCUT2D eigenvalue weighted by atomic mass is 32.1. The van der Waals surface area contributed by atoms with Crippen LogP contribution in [0.2, 0.25) is 0 Å². The zero-order valence-corrected chi connectivity index (χ0v) is 14.9. The molecule has 0 spiro atoms. The number of hydrogen-bond acceptors (Lipinski definition) is 6. The van der Waals surface area contributed by atoms with Crippen molar-refractivity contribution >= 4 is 28.7 Å². The van der Waals surface area contributed by atoms with Crippen LogP contribution in [0.1, 0.15) is 5.69 Å². The van der Waals surface area contributed by atoms with E-state index in [0.29, 0.717) is 5.95 Å². The van der Waals surface area contributed by atoms with Gasteiger partial charge in [0.25, 0.3) is 0 Å². The van der Waals surface area contributed by atoms with Crippen molar-refractivity contribution in [2.75, 3.05) is 24.3 Å². The van der Waals surface area contributed by atoms with Crippen molar-refractivity contribution in [3.05, 3.63) is 51.9 Å². The van der Waals surface area contributed by atoms with Crippen LogP contribution in [0.25, 0.3) is 10.6 Å². The minimum Gasteiger partial charge on any atom is -0.378 e. The van der Waals surface area contributed by atoms with Crippen molar-refractivity contribution in [3.63, 3.8) is 0 Å². The van der Waals surface area contributed by atoms with Crippen molar-refractivity contribution in [1.82, 2.24) is 14.5 Å². The first-order chi connectivity index (χ1) is 11.5. The highest BCUT2D eigenvalue weighted by molar-refractivity contribution is 7.13. The fourth-order valence-electron chi connectivity index (χ4n) is 2.27. The lowest BCUT2D eigenvalue weighted by Gasteiger charge is -2.13. The molecule has 3 aromatic rings. The number of nitrogens with zero attached hydrogens (tertiary/aromatic N) is 4.